The summed E-state index contributed by atoms with van der Waals surface area (Å²) in [4.78, 5) is 29.7. The highest BCUT2D eigenvalue weighted by Gasteiger charge is 2.39. The fourth-order valence-corrected chi connectivity index (χ4v) is 5.14. The number of rotatable bonds is 5. The number of hydrazone groups is 1. The van der Waals surface area contributed by atoms with Crippen molar-refractivity contribution in [3.8, 4) is 0 Å². The molecule has 0 aliphatic carbocycles. The van der Waals surface area contributed by atoms with Crippen LogP contribution in [-0.2, 0) is 4.79 Å². The van der Waals surface area contributed by atoms with E-state index in [0.29, 0.717) is 22.2 Å². The molecule has 0 aromatic heterocycles. The van der Waals surface area contributed by atoms with Gasteiger partial charge in [0.15, 0.2) is 11.0 Å². The summed E-state index contributed by atoms with van der Waals surface area (Å²) in [6.45, 7) is 0. The molecule has 33 heavy (non-hydrogen) atoms. The number of nitrogens with zero attached hydrogens (tertiary/aromatic N) is 3. The number of thioether (sulfide) groups is 1. The lowest BCUT2D eigenvalue weighted by molar-refractivity contribution is -0.117. The zero-order chi connectivity index (χ0) is 22.8. The van der Waals surface area contributed by atoms with E-state index in [1.54, 1.807) is 12.1 Å². The van der Waals surface area contributed by atoms with Crippen LogP contribution >= 0.6 is 23.4 Å². The second kappa shape index (κ2) is 9.33. The van der Waals surface area contributed by atoms with Crippen LogP contribution in [0.15, 0.2) is 95.0 Å². The van der Waals surface area contributed by atoms with Crippen molar-refractivity contribution in [3.05, 3.63) is 107 Å². The summed E-state index contributed by atoms with van der Waals surface area (Å²) in [5, 5.41) is 7.32. The lowest BCUT2D eigenvalue weighted by Crippen LogP contribution is -2.24. The van der Waals surface area contributed by atoms with E-state index in [-0.39, 0.29) is 24.2 Å². The molecule has 3 aromatic carbocycles. The van der Waals surface area contributed by atoms with Gasteiger partial charge >= 0.3 is 0 Å². The first kappa shape index (κ1) is 21.6. The average Bonchev–Trinajstić information content (AvgIpc) is 3.45. The molecule has 0 fully saturated rings. The fourth-order valence-electron chi connectivity index (χ4n) is 3.95. The lowest BCUT2D eigenvalue weighted by atomic mass is 9.99. The second-order valence-electron chi connectivity index (χ2n) is 7.86. The SMILES string of the molecule is O=C(C[C@H]1SC(N2N=C(c3ccccc3)C[C@H]2c2ccc(Cl)cc2)=NC1=O)c1ccccc1. The standard InChI is InChI=1S/C26H20ClN3O2S/c27-20-13-11-18(12-14-20)22-15-21(17-7-3-1-4-8-17)29-30(22)26-28-25(32)24(33-26)16-23(31)19-9-5-2-6-10-19/h1-14,22,24H,15-16H2/t22-,24+/m0/s1. The van der Waals surface area contributed by atoms with Gasteiger partial charge in [-0.05, 0) is 23.3 Å². The summed E-state index contributed by atoms with van der Waals surface area (Å²) in [6.07, 6.45) is 0.780. The molecular weight excluding hydrogens is 454 g/mol. The van der Waals surface area contributed by atoms with Crippen molar-refractivity contribution < 1.29 is 9.59 Å². The van der Waals surface area contributed by atoms with E-state index in [1.165, 1.54) is 11.8 Å². The average molecular weight is 474 g/mol. The van der Waals surface area contributed by atoms with Gasteiger partial charge in [-0.3, -0.25) is 9.59 Å². The number of benzene rings is 3. The van der Waals surface area contributed by atoms with Crippen LogP contribution in [0.2, 0.25) is 5.02 Å². The van der Waals surface area contributed by atoms with Gasteiger partial charge in [0.05, 0.1) is 11.8 Å². The maximum atomic E-state index is 12.7. The van der Waals surface area contributed by atoms with Crippen LogP contribution in [-0.4, -0.2) is 32.8 Å². The highest BCUT2D eigenvalue weighted by atomic mass is 35.5. The number of ketones is 1. The van der Waals surface area contributed by atoms with Crippen LogP contribution in [0.1, 0.15) is 40.4 Å². The van der Waals surface area contributed by atoms with Gasteiger partial charge in [-0.15, -0.1) is 0 Å². The van der Waals surface area contributed by atoms with Crippen LogP contribution in [0.3, 0.4) is 0 Å². The van der Waals surface area contributed by atoms with Crippen molar-refractivity contribution in [2.75, 3.05) is 0 Å². The molecule has 5 rings (SSSR count). The van der Waals surface area contributed by atoms with Crippen LogP contribution in [0, 0.1) is 0 Å². The van der Waals surface area contributed by atoms with Crippen LogP contribution in [0.25, 0.3) is 0 Å². The summed E-state index contributed by atoms with van der Waals surface area (Å²) in [5.74, 6) is -0.362. The Morgan fingerprint density at radius 3 is 2.33 bits per heavy atom. The highest BCUT2D eigenvalue weighted by Crippen LogP contribution is 2.39. The van der Waals surface area contributed by atoms with Gasteiger partial charge in [-0.1, -0.05) is 96.2 Å². The third-order valence-corrected chi connectivity index (χ3v) is 7.06. The van der Waals surface area contributed by atoms with E-state index in [0.717, 1.165) is 16.8 Å². The van der Waals surface area contributed by atoms with Gasteiger partial charge < -0.3 is 0 Å². The van der Waals surface area contributed by atoms with Gasteiger partial charge in [0.25, 0.3) is 5.91 Å². The maximum Gasteiger partial charge on any atom is 0.262 e. The first-order chi connectivity index (χ1) is 16.1. The van der Waals surface area contributed by atoms with Crippen LogP contribution < -0.4 is 0 Å². The van der Waals surface area contributed by atoms with E-state index in [1.807, 2.05) is 77.8 Å². The second-order valence-corrected chi connectivity index (χ2v) is 9.47. The number of aliphatic imine (C=N–C) groups is 1. The molecule has 0 saturated heterocycles. The number of hydrogen-bond acceptors (Lipinski definition) is 5. The molecular formula is C26H20ClN3O2S. The zero-order valence-electron chi connectivity index (χ0n) is 17.6. The predicted molar refractivity (Wildman–Crippen MR) is 133 cm³/mol. The molecule has 164 valence electrons. The van der Waals surface area contributed by atoms with Crippen molar-refractivity contribution in [2.45, 2.75) is 24.1 Å². The molecule has 0 unspecified atom stereocenters. The number of Topliss-reactive ketones (excluding diaryl/α,β-unsaturated/α-hetero) is 1. The van der Waals surface area contributed by atoms with E-state index in [9.17, 15) is 9.59 Å². The van der Waals surface area contributed by atoms with Crippen molar-refractivity contribution in [2.24, 2.45) is 10.1 Å². The molecule has 0 N–H and O–H groups in total. The summed E-state index contributed by atoms with van der Waals surface area (Å²) in [7, 11) is 0. The Kier molecular flexibility index (Phi) is 6.11. The quantitative estimate of drug-likeness (QED) is 0.442. The van der Waals surface area contributed by atoms with Crippen LogP contribution in [0.5, 0.6) is 0 Å². The highest BCUT2D eigenvalue weighted by molar-refractivity contribution is 8.15. The van der Waals surface area contributed by atoms with Crippen molar-refractivity contribution in [1.82, 2.24) is 5.01 Å². The largest absolute Gasteiger partial charge is 0.294 e. The zero-order valence-corrected chi connectivity index (χ0v) is 19.2. The fraction of sp³-hybridized carbons (Fsp3) is 0.154. The van der Waals surface area contributed by atoms with Gasteiger partial charge in [0.2, 0.25) is 0 Å². The lowest BCUT2D eigenvalue weighted by Gasteiger charge is -2.23. The minimum absolute atomic E-state index is 0.0675. The molecule has 1 amide bonds. The van der Waals surface area contributed by atoms with E-state index in [4.69, 9.17) is 16.7 Å². The Morgan fingerprint density at radius 1 is 0.970 bits per heavy atom. The topological polar surface area (TPSA) is 62.1 Å². The monoisotopic (exact) mass is 473 g/mol. The molecule has 0 spiro atoms. The van der Waals surface area contributed by atoms with Crippen molar-refractivity contribution in [3.63, 3.8) is 0 Å². The Balaban J connectivity index is 1.40. The van der Waals surface area contributed by atoms with E-state index >= 15 is 0 Å². The van der Waals surface area contributed by atoms with Gasteiger partial charge in [0, 0.05) is 23.4 Å². The number of amides is 1. The van der Waals surface area contributed by atoms with Gasteiger partial charge in [-0.2, -0.15) is 10.1 Å². The number of halogens is 1. The third kappa shape index (κ3) is 4.63. The predicted octanol–water partition coefficient (Wildman–Crippen LogP) is 5.76. The number of carbonyl (C=O) groups excluding carboxylic acids is 2. The third-order valence-electron chi connectivity index (χ3n) is 5.66. The minimum atomic E-state index is -0.547. The minimum Gasteiger partial charge on any atom is -0.294 e. The van der Waals surface area contributed by atoms with Crippen molar-refractivity contribution >= 4 is 45.9 Å². The molecule has 2 heterocycles. The first-order valence-corrected chi connectivity index (χ1v) is 11.9. The summed E-state index contributed by atoms with van der Waals surface area (Å²) >= 11 is 7.41. The van der Waals surface area contributed by atoms with E-state index in [2.05, 4.69) is 4.99 Å². The summed E-state index contributed by atoms with van der Waals surface area (Å²) in [5.41, 5.74) is 3.59. The summed E-state index contributed by atoms with van der Waals surface area (Å²) in [6, 6.07) is 26.6. The maximum absolute atomic E-state index is 12.7. The van der Waals surface area contributed by atoms with E-state index < -0.39 is 5.25 Å². The number of hydrogen-bond donors (Lipinski definition) is 0. The molecule has 7 heteroatoms. The molecule has 0 radical (unpaired) electrons. The number of carbonyl (C=O) groups is 2. The van der Waals surface area contributed by atoms with Gasteiger partial charge in [0.1, 0.15) is 5.25 Å². The molecule has 2 aliphatic heterocycles. The molecule has 0 saturated carbocycles. The first-order valence-electron chi connectivity index (χ1n) is 10.6. The molecule has 3 aromatic rings. The smallest absolute Gasteiger partial charge is 0.262 e. The molecule has 5 nitrogen and oxygen atoms in total. The molecule has 2 atom stereocenters. The summed E-state index contributed by atoms with van der Waals surface area (Å²) < 4.78 is 0. The Labute approximate surface area is 201 Å². The number of amidine groups is 1. The molecule has 0 bridgehead atoms. The Hall–Kier alpha value is -3.22. The normalized spacial score (nSPS) is 20.0. The Morgan fingerprint density at radius 2 is 1.64 bits per heavy atom. The van der Waals surface area contributed by atoms with Crippen LogP contribution in [0.4, 0.5) is 0 Å². The van der Waals surface area contributed by atoms with Gasteiger partial charge in [-0.25, -0.2) is 5.01 Å². The van der Waals surface area contributed by atoms with Crippen molar-refractivity contribution in [1.29, 1.82) is 0 Å². The molecule has 2 aliphatic rings. The Bertz CT molecular complexity index is 1240.